The van der Waals surface area contributed by atoms with E-state index in [1.54, 1.807) is 0 Å². The Bertz CT molecular complexity index is 545. The van der Waals surface area contributed by atoms with E-state index in [1.165, 1.54) is 0 Å². The molecular weight excluding hydrogens is 318 g/mol. The zero-order valence-corrected chi connectivity index (χ0v) is 12.3. The van der Waals surface area contributed by atoms with E-state index in [0.29, 0.717) is 44.5 Å². The molecule has 0 saturated carbocycles. The van der Waals surface area contributed by atoms with E-state index in [-0.39, 0.29) is 0 Å². The number of carbonyl (C=O) groups is 1. The lowest BCUT2D eigenvalue weighted by atomic mass is 10.2. The smallest absolute Gasteiger partial charge is 0.379 e. The Hall–Kier alpha value is -1.87. The molecule has 2 rings (SSSR count). The molecule has 5 nitrogen and oxygen atoms in total. The molecule has 0 radical (unpaired) electrons. The van der Waals surface area contributed by atoms with Crippen molar-refractivity contribution in [3.05, 3.63) is 29.6 Å². The molecule has 1 aromatic carbocycles. The van der Waals surface area contributed by atoms with Crippen molar-refractivity contribution >= 4 is 11.7 Å². The Morgan fingerprint density at radius 3 is 2.61 bits per heavy atom. The highest BCUT2D eigenvalue weighted by Gasteiger charge is 2.31. The number of alkyl halides is 3. The molecule has 1 saturated heterocycles. The SMILES string of the molecule is O=C(NCCN1CCOCC1)Nc1cc(C(F)(F)F)ccc1F. The molecule has 2 N–H and O–H groups in total. The normalized spacial score (nSPS) is 16.2. The van der Waals surface area contributed by atoms with Gasteiger partial charge in [-0.25, -0.2) is 9.18 Å². The number of benzene rings is 1. The molecule has 1 aromatic rings. The van der Waals surface area contributed by atoms with Crippen LogP contribution >= 0.6 is 0 Å². The fourth-order valence-corrected chi connectivity index (χ4v) is 2.12. The number of hydrogen-bond donors (Lipinski definition) is 2. The number of amides is 2. The second-order valence-electron chi connectivity index (χ2n) is 5.03. The first kappa shape index (κ1) is 17.5. The van der Waals surface area contributed by atoms with Gasteiger partial charge in [-0.15, -0.1) is 0 Å². The second kappa shape index (κ2) is 7.60. The Kier molecular flexibility index (Phi) is 5.78. The summed E-state index contributed by atoms with van der Waals surface area (Å²) in [5, 5.41) is 4.58. The first-order valence-corrected chi connectivity index (χ1v) is 7.08. The van der Waals surface area contributed by atoms with Crippen molar-refractivity contribution in [2.75, 3.05) is 44.7 Å². The lowest BCUT2D eigenvalue weighted by Crippen LogP contribution is -2.42. The largest absolute Gasteiger partial charge is 0.416 e. The summed E-state index contributed by atoms with van der Waals surface area (Å²) in [6.07, 6.45) is -4.60. The van der Waals surface area contributed by atoms with E-state index < -0.39 is 29.3 Å². The molecule has 1 heterocycles. The number of morpholine rings is 1. The minimum absolute atomic E-state index is 0.298. The van der Waals surface area contributed by atoms with Gasteiger partial charge >= 0.3 is 12.2 Å². The third-order valence-electron chi connectivity index (χ3n) is 3.36. The predicted molar refractivity (Wildman–Crippen MR) is 75.7 cm³/mol. The molecule has 1 aliphatic rings. The average molecular weight is 335 g/mol. The predicted octanol–water partition coefficient (Wildman–Crippen LogP) is 2.30. The van der Waals surface area contributed by atoms with Gasteiger partial charge in [0, 0.05) is 26.2 Å². The number of halogens is 4. The number of hydrogen-bond acceptors (Lipinski definition) is 3. The van der Waals surface area contributed by atoms with E-state index in [1.807, 2.05) is 0 Å². The third kappa shape index (κ3) is 5.36. The molecule has 1 aliphatic heterocycles. The molecule has 23 heavy (non-hydrogen) atoms. The minimum Gasteiger partial charge on any atom is -0.379 e. The van der Waals surface area contributed by atoms with E-state index in [9.17, 15) is 22.4 Å². The number of urea groups is 1. The van der Waals surface area contributed by atoms with Gasteiger partial charge in [-0.3, -0.25) is 4.90 Å². The van der Waals surface area contributed by atoms with Crippen molar-refractivity contribution in [1.29, 1.82) is 0 Å². The van der Waals surface area contributed by atoms with Crippen LogP contribution in [0.1, 0.15) is 5.56 Å². The van der Waals surface area contributed by atoms with Crippen LogP contribution < -0.4 is 10.6 Å². The van der Waals surface area contributed by atoms with Gasteiger partial charge in [0.15, 0.2) is 0 Å². The quantitative estimate of drug-likeness (QED) is 0.830. The van der Waals surface area contributed by atoms with Gasteiger partial charge in [-0.05, 0) is 18.2 Å². The van der Waals surface area contributed by atoms with Crippen LogP contribution in [0.4, 0.5) is 28.0 Å². The molecular formula is C14H17F4N3O2. The fraction of sp³-hybridized carbons (Fsp3) is 0.500. The van der Waals surface area contributed by atoms with Crippen LogP contribution in [0.5, 0.6) is 0 Å². The Morgan fingerprint density at radius 2 is 1.96 bits per heavy atom. The number of carbonyl (C=O) groups excluding carboxylic acids is 1. The van der Waals surface area contributed by atoms with Crippen LogP contribution in [0.3, 0.4) is 0 Å². The van der Waals surface area contributed by atoms with E-state index in [2.05, 4.69) is 15.5 Å². The molecule has 128 valence electrons. The fourth-order valence-electron chi connectivity index (χ4n) is 2.12. The van der Waals surface area contributed by atoms with Crippen molar-refractivity contribution < 1.29 is 27.1 Å². The molecule has 0 spiro atoms. The van der Waals surface area contributed by atoms with Crippen LogP contribution in [0.2, 0.25) is 0 Å². The van der Waals surface area contributed by atoms with Crippen molar-refractivity contribution in [2.24, 2.45) is 0 Å². The molecule has 0 bridgehead atoms. The number of nitrogens with one attached hydrogen (secondary N) is 2. The summed E-state index contributed by atoms with van der Waals surface area (Å²) < 4.78 is 56.4. The lowest BCUT2D eigenvalue weighted by Gasteiger charge is -2.26. The molecule has 0 atom stereocenters. The van der Waals surface area contributed by atoms with Crippen LogP contribution in [0.25, 0.3) is 0 Å². The average Bonchev–Trinajstić information content (AvgIpc) is 2.49. The van der Waals surface area contributed by atoms with Crippen molar-refractivity contribution in [1.82, 2.24) is 10.2 Å². The zero-order chi connectivity index (χ0) is 16.9. The number of ether oxygens (including phenoxy) is 1. The van der Waals surface area contributed by atoms with E-state index in [0.717, 1.165) is 13.1 Å². The molecule has 0 aromatic heterocycles. The summed E-state index contributed by atoms with van der Waals surface area (Å²) in [5.74, 6) is -0.929. The molecule has 2 amide bonds. The second-order valence-corrected chi connectivity index (χ2v) is 5.03. The Balaban J connectivity index is 1.84. The summed E-state index contributed by atoms with van der Waals surface area (Å²) >= 11 is 0. The van der Waals surface area contributed by atoms with Crippen molar-refractivity contribution in [3.8, 4) is 0 Å². The van der Waals surface area contributed by atoms with Gasteiger partial charge in [-0.1, -0.05) is 0 Å². The molecule has 1 fully saturated rings. The monoisotopic (exact) mass is 335 g/mol. The summed E-state index contributed by atoms with van der Waals surface area (Å²) in [4.78, 5) is 13.7. The summed E-state index contributed by atoms with van der Waals surface area (Å²) in [5.41, 5.74) is -1.54. The van der Waals surface area contributed by atoms with Crippen molar-refractivity contribution in [2.45, 2.75) is 6.18 Å². The molecule has 0 aliphatic carbocycles. The highest BCUT2D eigenvalue weighted by molar-refractivity contribution is 5.89. The van der Waals surface area contributed by atoms with Crippen LogP contribution in [0, 0.1) is 5.82 Å². The molecule has 9 heteroatoms. The number of rotatable bonds is 4. The maximum atomic E-state index is 13.5. The summed E-state index contributed by atoms with van der Waals surface area (Å²) in [6.45, 7) is 3.65. The highest BCUT2D eigenvalue weighted by Crippen LogP contribution is 2.31. The highest BCUT2D eigenvalue weighted by atomic mass is 19.4. The van der Waals surface area contributed by atoms with Gasteiger partial charge in [0.25, 0.3) is 0 Å². The van der Waals surface area contributed by atoms with Gasteiger partial charge in [-0.2, -0.15) is 13.2 Å². The third-order valence-corrected chi connectivity index (χ3v) is 3.36. The summed E-state index contributed by atoms with van der Waals surface area (Å²) in [6, 6.07) is 1.11. The van der Waals surface area contributed by atoms with Crippen LogP contribution in [0.15, 0.2) is 18.2 Å². The van der Waals surface area contributed by atoms with Crippen LogP contribution in [-0.2, 0) is 10.9 Å². The zero-order valence-electron chi connectivity index (χ0n) is 12.3. The minimum atomic E-state index is -4.60. The first-order valence-electron chi connectivity index (χ1n) is 7.08. The van der Waals surface area contributed by atoms with Gasteiger partial charge in [0.2, 0.25) is 0 Å². The molecule has 0 unspecified atom stereocenters. The van der Waals surface area contributed by atoms with Gasteiger partial charge in [0.05, 0.1) is 24.5 Å². The first-order chi connectivity index (χ1) is 10.9. The van der Waals surface area contributed by atoms with Gasteiger partial charge < -0.3 is 15.4 Å². The number of anilines is 1. The lowest BCUT2D eigenvalue weighted by molar-refractivity contribution is -0.137. The number of nitrogens with zero attached hydrogens (tertiary/aromatic N) is 1. The van der Waals surface area contributed by atoms with Crippen LogP contribution in [-0.4, -0.2) is 50.3 Å². The van der Waals surface area contributed by atoms with Crippen molar-refractivity contribution in [3.63, 3.8) is 0 Å². The summed E-state index contributed by atoms with van der Waals surface area (Å²) in [7, 11) is 0. The Labute approximate surface area is 130 Å². The van der Waals surface area contributed by atoms with E-state index >= 15 is 0 Å². The Morgan fingerprint density at radius 1 is 1.26 bits per heavy atom. The van der Waals surface area contributed by atoms with Gasteiger partial charge in [0.1, 0.15) is 5.82 Å². The standard InChI is InChI=1S/C14H17F4N3O2/c15-11-2-1-10(14(16,17)18)9-12(11)20-13(22)19-3-4-21-5-7-23-8-6-21/h1-2,9H,3-8H2,(H2,19,20,22). The maximum absolute atomic E-state index is 13.5. The van der Waals surface area contributed by atoms with E-state index in [4.69, 9.17) is 4.74 Å². The topological polar surface area (TPSA) is 53.6 Å². The maximum Gasteiger partial charge on any atom is 0.416 e.